The van der Waals surface area contributed by atoms with E-state index in [0.717, 1.165) is 29.8 Å². The number of aromatic hydroxyl groups is 1. The van der Waals surface area contributed by atoms with Gasteiger partial charge in [-0.05, 0) is 36.8 Å². The highest BCUT2D eigenvalue weighted by molar-refractivity contribution is 7.16. The summed E-state index contributed by atoms with van der Waals surface area (Å²) in [4.78, 5) is 13.9. The Balaban J connectivity index is 1.73. The third kappa shape index (κ3) is 2.08. The lowest BCUT2D eigenvalue weighted by Crippen LogP contribution is -2.38. The number of phenolic OH excluding ortho intramolecular Hbond substituents is 1. The van der Waals surface area contributed by atoms with Gasteiger partial charge in [0.25, 0.3) is 5.91 Å². The third-order valence-corrected chi connectivity index (χ3v) is 5.72. The van der Waals surface area contributed by atoms with Gasteiger partial charge in [-0.15, -0.1) is 11.3 Å². The number of rotatable bonds is 1. The van der Waals surface area contributed by atoms with E-state index >= 15 is 0 Å². The summed E-state index contributed by atoms with van der Waals surface area (Å²) in [5.74, 6) is 0.845. The minimum atomic E-state index is -0.376. The van der Waals surface area contributed by atoms with Crippen LogP contribution < -0.4 is 10.6 Å². The van der Waals surface area contributed by atoms with E-state index in [9.17, 15) is 9.90 Å². The molecule has 4 rings (SSSR count). The molecule has 2 aromatic rings. The van der Waals surface area contributed by atoms with Crippen molar-refractivity contribution in [1.29, 1.82) is 0 Å². The molecular weight excluding hydrogens is 296 g/mol. The maximum Gasteiger partial charge on any atom is 0.256 e. The number of hydrogen-bond acceptors (Lipinski definition) is 4. The first kappa shape index (κ1) is 13.6. The van der Waals surface area contributed by atoms with E-state index in [-0.39, 0.29) is 17.8 Å². The van der Waals surface area contributed by atoms with Crippen LogP contribution in [-0.2, 0) is 12.8 Å². The van der Waals surface area contributed by atoms with Crippen LogP contribution in [0.25, 0.3) is 0 Å². The molecule has 1 amide bonds. The van der Waals surface area contributed by atoms with Crippen molar-refractivity contribution in [3.8, 4) is 5.75 Å². The van der Waals surface area contributed by atoms with Gasteiger partial charge in [0.1, 0.15) is 16.9 Å². The van der Waals surface area contributed by atoms with E-state index in [1.165, 1.54) is 10.4 Å². The Morgan fingerprint density at radius 3 is 2.91 bits per heavy atom. The van der Waals surface area contributed by atoms with E-state index in [2.05, 4.69) is 17.6 Å². The van der Waals surface area contributed by atoms with Gasteiger partial charge in [-0.1, -0.05) is 25.1 Å². The SMILES string of the molecule is C[C@H]1CCc2c(sc3c2C(=O)N[C@H](c2ccccc2O)N3)C1. The molecule has 3 N–H and O–H groups in total. The molecular formula is C17H18N2O2S. The summed E-state index contributed by atoms with van der Waals surface area (Å²) in [7, 11) is 0. The van der Waals surface area contributed by atoms with Gasteiger partial charge >= 0.3 is 0 Å². The highest BCUT2D eigenvalue weighted by Crippen LogP contribution is 2.43. The maximum atomic E-state index is 12.6. The predicted octanol–water partition coefficient (Wildman–Crippen LogP) is 3.43. The van der Waals surface area contributed by atoms with Gasteiger partial charge in [0.15, 0.2) is 0 Å². The minimum Gasteiger partial charge on any atom is -0.508 e. The van der Waals surface area contributed by atoms with Crippen molar-refractivity contribution >= 4 is 22.2 Å². The monoisotopic (exact) mass is 314 g/mol. The first-order valence-corrected chi connectivity index (χ1v) is 8.45. The molecule has 4 nitrogen and oxygen atoms in total. The molecule has 2 aliphatic rings. The van der Waals surface area contributed by atoms with Gasteiger partial charge < -0.3 is 15.7 Å². The van der Waals surface area contributed by atoms with Gasteiger partial charge in [0, 0.05) is 10.4 Å². The summed E-state index contributed by atoms with van der Waals surface area (Å²) in [5.41, 5.74) is 2.73. The first-order chi connectivity index (χ1) is 10.6. The van der Waals surface area contributed by atoms with E-state index in [1.807, 2.05) is 12.1 Å². The summed E-state index contributed by atoms with van der Waals surface area (Å²) >= 11 is 1.70. The van der Waals surface area contributed by atoms with E-state index in [0.29, 0.717) is 11.5 Å². The Hall–Kier alpha value is -2.01. The zero-order chi connectivity index (χ0) is 15.3. The van der Waals surface area contributed by atoms with Crippen molar-refractivity contribution in [3.63, 3.8) is 0 Å². The van der Waals surface area contributed by atoms with E-state index < -0.39 is 0 Å². The molecule has 0 radical (unpaired) electrons. The molecule has 0 unspecified atom stereocenters. The van der Waals surface area contributed by atoms with Gasteiger partial charge in [0.05, 0.1) is 5.56 Å². The molecule has 22 heavy (non-hydrogen) atoms. The Bertz CT molecular complexity index is 753. The van der Waals surface area contributed by atoms with E-state index in [1.54, 1.807) is 23.5 Å². The Labute approximate surface area is 133 Å². The minimum absolute atomic E-state index is 0.0333. The summed E-state index contributed by atoms with van der Waals surface area (Å²) in [5, 5.41) is 17.3. The van der Waals surface area contributed by atoms with Crippen molar-refractivity contribution in [2.45, 2.75) is 32.4 Å². The lowest BCUT2D eigenvalue weighted by Gasteiger charge is -2.27. The molecule has 1 aliphatic heterocycles. The molecule has 1 aromatic carbocycles. The van der Waals surface area contributed by atoms with Crippen LogP contribution in [0.3, 0.4) is 0 Å². The van der Waals surface area contributed by atoms with Gasteiger partial charge in [-0.25, -0.2) is 0 Å². The molecule has 0 saturated heterocycles. The van der Waals surface area contributed by atoms with Crippen LogP contribution in [0.2, 0.25) is 0 Å². The number of anilines is 1. The average molecular weight is 314 g/mol. The molecule has 2 atom stereocenters. The highest BCUT2D eigenvalue weighted by atomic mass is 32.1. The van der Waals surface area contributed by atoms with Crippen molar-refractivity contribution in [2.75, 3.05) is 5.32 Å². The van der Waals surface area contributed by atoms with Crippen LogP contribution in [0, 0.1) is 5.92 Å². The Morgan fingerprint density at radius 2 is 2.09 bits per heavy atom. The van der Waals surface area contributed by atoms with Gasteiger partial charge in [0.2, 0.25) is 0 Å². The molecule has 0 saturated carbocycles. The fourth-order valence-corrected chi connectivity index (χ4v) is 4.79. The van der Waals surface area contributed by atoms with Crippen molar-refractivity contribution in [1.82, 2.24) is 5.32 Å². The number of thiophene rings is 1. The lowest BCUT2D eigenvalue weighted by molar-refractivity contribution is 0.0935. The fourth-order valence-electron chi connectivity index (χ4n) is 3.35. The Kier molecular flexibility index (Phi) is 3.11. The van der Waals surface area contributed by atoms with Crippen LogP contribution in [0.4, 0.5) is 5.00 Å². The molecule has 0 spiro atoms. The predicted molar refractivity (Wildman–Crippen MR) is 87.4 cm³/mol. The van der Waals surface area contributed by atoms with Gasteiger partial charge in [-0.3, -0.25) is 4.79 Å². The van der Waals surface area contributed by atoms with E-state index in [4.69, 9.17) is 0 Å². The molecule has 1 aromatic heterocycles. The summed E-state index contributed by atoms with van der Waals surface area (Å²) < 4.78 is 0. The second-order valence-corrected chi connectivity index (χ2v) is 7.27. The van der Waals surface area contributed by atoms with Crippen LogP contribution in [0.1, 0.15) is 45.9 Å². The molecule has 114 valence electrons. The van der Waals surface area contributed by atoms with Crippen LogP contribution >= 0.6 is 11.3 Å². The number of fused-ring (bicyclic) bond motifs is 3. The van der Waals surface area contributed by atoms with Crippen LogP contribution in [-0.4, -0.2) is 11.0 Å². The molecule has 5 heteroatoms. The fraction of sp³-hybridized carbons (Fsp3) is 0.353. The van der Waals surface area contributed by atoms with Crippen LogP contribution in [0.15, 0.2) is 24.3 Å². The normalized spacial score (nSPS) is 23.2. The quantitative estimate of drug-likeness (QED) is 0.756. The molecule has 1 aliphatic carbocycles. The molecule has 0 bridgehead atoms. The number of carbonyl (C=O) groups is 1. The number of amides is 1. The smallest absolute Gasteiger partial charge is 0.256 e. The number of carbonyl (C=O) groups excluding carboxylic acids is 1. The zero-order valence-corrected chi connectivity index (χ0v) is 13.2. The topological polar surface area (TPSA) is 61.4 Å². The second-order valence-electron chi connectivity index (χ2n) is 6.17. The summed E-state index contributed by atoms with van der Waals surface area (Å²) in [6.45, 7) is 2.26. The first-order valence-electron chi connectivity index (χ1n) is 7.63. The summed E-state index contributed by atoms with van der Waals surface area (Å²) in [6, 6.07) is 7.10. The maximum absolute atomic E-state index is 12.6. The standard InChI is InChI=1S/C17H18N2O2S/c1-9-6-7-11-13(8-9)22-17-14(11)16(21)18-15(19-17)10-4-2-3-5-12(10)20/h2-5,9,15,19-20H,6-8H2,1H3,(H,18,21)/t9-,15-/m0/s1. The molecule has 0 fully saturated rings. The average Bonchev–Trinajstić information content (AvgIpc) is 2.85. The number of benzene rings is 1. The number of hydrogen-bond donors (Lipinski definition) is 3. The zero-order valence-electron chi connectivity index (χ0n) is 12.3. The molecule has 2 heterocycles. The summed E-state index contributed by atoms with van der Waals surface area (Å²) in [6.07, 6.45) is 2.81. The lowest BCUT2D eigenvalue weighted by atomic mass is 9.88. The van der Waals surface area contributed by atoms with Crippen molar-refractivity contribution < 1.29 is 9.90 Å². The van der Waals surface area contributed by atoms with Crippen molar-refractivity contribution in [2.24, 2.45) is 5.92 Å². The van der Waals surface area contributed by atoms with Crippen molar-refractivity contribution in [3.05, 3.63) is 45.8 Å². The largest absolute Gasteiger partial charge is 0.508 e. The third-order valence-electron chi connectivity index (χ3n) is 4.54. The highest BCUT2D eigenvalue weighted by Gasteiger charge is 2.33. The van der Waals surface area contributed by atoms with Crippen LogP contribution in [0.5, 0.6) is 5.75 Å². The second kappa shape index (κ2) is 5.02. The van der Waals surface area contributed by atoms with Gasteiger partial charge in [-0.2, -0.15) is 0 Å². The number of nitrogens with one attached hydrogen (secondary N) is 2. The Morgan fingerprint density at radius 1 is 1.27 bits per heavy atom. The number of phenols is 1. The number of para-hydroxylation sites is 1.